The van der Waals surface area contributed by atoms with Crippen LogP contribution in [0.15, 0.2) is 24.3 Å². The van der Waals surface area contributed by atoms with Crippen molar-refractivity contribution in [3.63, 3.8) is 0 Å². The van der Waals surface area contributed by atoms with Crippen LogP contribution in [0.5, 0.6) is 5.75 Å². The predicted octanol–water partition coefficient (Wildman–Crippen LogP) is 2.29. The summed E-state index contributed by atoms with van der Waals surface area (Å²) in [7, 11) is 1.76. The first kappa shape index (κ1) is 16.3. The van der Waals surface area contributed by atoms with Gasteiger partial charge in [-0.1, -0.05) is 19.1 Å². The maximum Gasteiger partial charge on any atom is 0.119 e. The van der Waals surface area contributed by atoms with Crippen molar-refractivity contribution in [1.82, 2.24) is 10.2 Å². The van der Waals surface area contributed by atoms with Crippen molar-refractivity contribution >= 4 is 0 Å². The minimum absolute atomic E-state index is 0.741. The third-order valence-electron chi connectivity index (χ3n) is 3.77. The van der Waals surface area contributed by atoms with E-state index in [4.69, 9.17) is 9.47 Å². The number of rotatable bonds is 11. The molecular weight excluding hydrogens is 264 g/mol. The summed E-state index contributed by atoms with van der Waals surface area (Å²) in [5.74, 6) is 0.966. The normalized spacial score (nSPS) is 14.6. The molecule has 0 amide bonds. The largest absolute Gasteiger partial charge is 0.492 e. The van der Waals surface area contributed by atoms with E-state index in [0.29, 0.717) is 0 Å². The summed E-state index contributed by atoms with van der Waals surface area (Å²) in [6, 6.07) is 9.10. The third-order valence-corrected chi connectivity index (χ3v) is 3.77. The Kier molecular flexibility index (Phi) is 7.00. The van der Waals surface area contributed by atoms with Crippen molar-refractivity contribution < 1.29 is 9.47 Å². The monoisotopic (exact) mass is 292 g/mol. The van der Waals surface area contributed by atoms with Gasteiger partial charge in [-0.2, -0.15) is 0 Å². The molecule has 4 nitrogen and oxygen atoms in total. The molecule has 1 aromatic carbocycles. The van der Waals surface area contributed by atoms with Crippen molar-refractivity contribution in [2.45, 2.75) is 32.4 Å². The van der Waals surface area contributed by atoms with E-state index in [1.165, 1.54) is 18.4 Å². The quantitative estimate of drug-likeness (QED) is 0.678. The van der Waals surface area contributed by atoms with Gasteiger partial charge in [0.25, 0.3) is 0 Å². The van der Waals surface area contributed by atoms with E-state index in [1.54, 1.807) is 7.11 Å². The van der Waals surface area contributed by atoms with Gasteiger partial charge in [0, 0.05) is 32.8 Å². The van der Waals surface area contributed by atoms with Gasteiger partial charge in [-0.25, -0.2) is 0 Å². The average Bonchev–Trinajstić information content (AvgIpc) is 3.34. The van der Waals surface area contributed by atoms with Crippen LogP contribution in [0.2, 0.25) is 0 Å². The second-order valence-corrected chi connectivity index (χ2v) is 5.54. The van der Waals surface area contributed by atoms with Crippen LogP contribution >= 0.6 is 0 Å². The minimum atomic E-state index is 0.741. The number of nitrogens with zero attached hydrogens (tertiary/aromatic N) is 1. The van der Waals surface area contributed by atoms with Gasteiger partial charge in [-0.3, -0.25) is 4.90 Å². The molecule has 1 saturated carbocycles. The minimum Gasteiger partial charge on any atom is -0.492 e. The number of methoxy groups -OCH3 is 1. The fourth-order valence-electron chi connectivity index (χ4n) is 2.42. The lowest BCUT2D eigenvalue weighted by molar-refractivity contribution is 0.130. The second kappa shape index (κ2) is 9.03. The van der Waals surface area contributed by atoms with Crippen molar-refractivity contribution in [1.29, 1.82) is 0 Å². The molecule has 118 valence electrons. The summed E-state index contributed by atoms with van der Waals surface area (Å²) in [5.41, 5.74) is 1.27. The summed E-state index contributed by atoms with van der Waals surface area (Å²) in [4.78, 5) is 2.48. The van der Waals surface area contributed by atoms with E-state index in [0.717, 1.165) is 51.2 Å². The van der Waals surface area contributed by atoms with Gasteiger partial charge in [-0.15, -0.1) is 0 Å². The molecule has 1 N–H and O–H groups in total. The summed E-state index contributed by atoms with van der Waals surface area (Å²) < 4.78 is 11.1. The van der Waals surface area contributed by atoms with Gasteiger partial charge in [0.1, 0.15) is 12.4 Å². The van der Waals surface area contributed by atoms with E-state index in [1.807, 2.05) is 6.07 Å². The van der Waals surface area contributed by atoms with Crippen LogP contribution in [-0.2, 0) is 11.3 Å². The maximum atomic E-state index is 5.90. The Hall–Kier alpha value is -1.10. The van der Waals surface area contributed by atoms with Gasteiger partial charge in [0.15, 0.2) is 0 Å². The van der Waals surface area contributed by atoms with Gasteiger partial charge in [0.05, 0.1) is 6.61 Å². The fourth-order valence-corrected chi connectivity index (χ4v) is 2.42. The van der Waals surface area contributed by atoms with Gasteiger partial charge >= 0.3 is 0 Å². The zero-order chi connectivity index (χ0) is 14.9. The molecule has 0 heterocycles. The SMILES string of the molecule is CCNCc1cccc(OCCN(CCOC)C2CC2)c1. The maximum absolute atomic E-state index is 5.90. The highest BCUT2D eigenvalue weighted by atomic mass is 16.5. The zero-order valence-corrected chi connectivity index (χ0v) is 13.3. The predicted molar refractivity (Wildman–Crippen MR) is 85.8 cm³/mol. The van der Waals surface area contributed by atoms with Crippen LogP contribution in [-0.4, -0.2) is 50.9 Å². The highest BCUT2D eigenvalue weighted by molar-refractivity contribution is 5.28. The van der Waals surface area contributed by atoms with Crippen molar-refractivity contribution in [2.75, 3.05) is 40.0 Å². The Bertz CT molecular complexity index is 408. The Morgan fingerprint density at radius 2 is 2.05 bits per heavy atom. The first-order valence-electron chi connectivity index (χ1n) is 7.99. The summed E-state index contributed by atoms with van der Waals surface area (Å²) in [5, 5.41) is 3.33. The first-order valence-corrected chi connectivity index (χ1v) is 7.99. The standard InChI is InChI=1S/C17H28N2O2/c1-3-18-14-15-5-4-6-17(13-15)21-12-10-19(9-11-20-2)16-7-8-16/h4-6,13,16,18H,3,7-12,14H2,1-2H3. The Balaban J connectivity index is 1.73. The molecule has 0 spiro atoms. The molecule has 1 fully saturated rings. The molecule has 0 unspecified atom stereocenters. The van der Waals surface area contributed by atoms with Crippen LogP contribution < -0.4 is 10.1 Å². The van der Waals surface area contributed by atoms with E-state index in [2.05, 4.69) is 35.3 Å². The van der Waals surface area contributed by atoms with E-state index in [9.17, 15) is 0 Å². The van der Waals surface area contributed by atoms with Crippen molar-refractivity contribution in [3.05, 3.63) is 29.8 Å². The van der Waals surface area contributed by atoms with Gasteiger partial charge < -0.3 is 14.8 Å². The van der Waals surface area contributed by atoms with E-state index >= 15 is 0 Å². The molecule has 1 aliphatic rings. The summed E-state index contributed by atoms with van der Waals surface area (Å²) in [6.07, 6.45) is 2.64. The molecule has 0 atom stereocenters. The number of nitrogens with one attached hydrogen (secondary N) is 1. The molecule has 21 heavy (non-hydrogen) atoms. The van der Waals surface area contributed by atoms with Crippen molar-refractivity contribution in [2.24, 2.45) is 0 Å². The summed E-state index contributed by atoms with van der Waals surface area (Å²) in [6.45, 7) is 7.53. The molecule has 2 rings (SSSR count). The molecule has 0 saturated heterocycles. The average molecular weight is 292 g/mol. The molecular formula is C17H28N2O2. The Morgan fingerprint density at radius 1 is 1.24 bits per heavy atom. The number of hydrogen-bond acceptors (Lipinski definition) is 4. The first-order chi connectivity index (χ1) is 10.3. The lowest BCUT2D eigenvalue weighted by Crippen LogP contribution is -2.33. The Labute approximate surface area is 128 Å². The van der Waals surface area contributed by atoms with Gasteiger partial charge in [0.2, 0.25) is 0 Å². The molecule has 0 radical (unpaired) electrons. The molecule has 0 aromatic heterocycles. The highest BCUT2D eigenvalue weighted by Gasteiger charge is 2.28. The lowest BCUT2D eigenvalue weighted by Gasteiger charge is -2.21. The van der Waals surface area contributed by atoms with Crippen LogP contribution in [0.4, 0.5) is 0 Å². The third kappa shape index (κ3) is 6.04. The number of hydrogen-bond donors (Lipinski definition) is 1. The molecule has 0 bridgehead atoms. The van der Waals surface area contributed by atoms with Crippen LogP contribution in [0.1, 0.15) is 25.3 Å². The molecule has 1 aromatic rings. The number of benzene rings is 1. The topological polar surface area (TPSA) is 33.7 Å². The van der Waals surface area contributed by atoms with Crippen molar-refractivity contribution in [3.8, 4) is 5.75 Å². The van der Waals surface area contributed by atoms with E-state index in [-0.39, 0.29) is 0 Å². The lowest BCUT2D eigenvalue weighted by atomic mass is 10.2. The molecule has 4 heteroatoms. The van der Waals surface area contributed by atoms with Crippen LogP contribution in [0, 0.1) is 0 Å². The number of ether oxygens (including phenoxy) is 2. The zero-order valence-electron chi connectivity index (χ0n) is 13.3. The summed E-state index contributed by atoms with van der Waals surface area (Å²) >= 11 is 0. The van der Waals surface area contributed by atoms with Crippen LogP contribution in [0.3, 0.4) is 0 Å². The fraction of sp³-hybridized carbons (Fsp3) is 0.647. The van der Waals surface area contributed by atoms with E-state index < -0.39 is 0 Å². The molecule has 0 aliphatic heterocycles. The Morgan fingerprint density at radius 3 is 2.76 bits per heavy atom. The highest BCUT2D eigenvalue weighted by Crippen LogP contribution is 2.26. The molecule has 1 aliphatic carbocycles. The van der Waals surface area contributed by atoms with Gasteiger partial charge in [-0.05, 0) is 37.1 Å². The second-order valence-electron chi connectivity index (χ2n) is 5.54. The smallest absolute Gasteiger partial charge is 0.119 e. The van der Waals surface area contributed by atoms with Crippen LogP contribution in [0.25, 0.3) is 0 Å².